The lowest BCUT2D eigenvalue weighted by Crippen LogP contribution is -2.20. The van der Waals surface area contributed by atoms with Crippen LogP contribution in [0, 0.1) is 5.82 Å². The van der Waals surface area contributed by atoms with Crippen LogP contribution in [0.15, 0.2) is 30.5 Å². The zero-order valence-electron chi connectivity index (χ0n) is 10.8. The number of rotatable bonds is 4. The van der Waals surface area contributed by atoms with E-state index in [0.717, 1.165) is 0 Å². The van der Waals surface area contributed by atoms with Crippen molar-refractivity contribution in [2.75, 3.05) is 5.32 Å². The first-order valence-electron chi connectivity index (χ1n) is 5.83. The molecule has 1 heterocycles. The monoisotopic (exact) mass is 292 g/mol. The van der Waals surface area contributed by atoms with Crippen molar-refractivity contribution in [2.24, 2.45) is 12.8 Å². The fourth-order valence-electron chi connectivity index (χ4n) is 1.73. The fourth-order valence-corrected chi connectivity index (χ4v) is 1.88. The van der Waals surface area contributed by atoms with E-state index in [1.807, 2.05) is 0 Å². The molecular weight excluding hydrogens is 279 g/mol. The maximum absolute atomic E-state index is 12.8. The van der Waals surface area contributed by atoms with Crippen LogP contribution in [-0.2, 0) is 18.3 Å². The fraction of sp³-hybridized carbons (Fsp3) is 0.154. The molecule has 3 N–H and O–H groups in total. The topological polar surface area (TPSA) is 72.9 Å². The quantitative estimate of drug-likeness (QED) is 0.835. The Morgan fingerprint density at radius 1 is 1.45 bits per heavy atom. The second kappa shape index (κ2) is 5.79. The van der Waals surface area contributed by atoms with Gasteiger partial charge in [-0.2, -0.15) is 5.10 Å². The molecule has 0 aliphatic rings. The van der Waals surface area contributed by atoms with E-state index < -0.39 is 0 Å². The number of halogens is 1. The standard InChI is InChI=1S/C13H13FN4OS/c1-18-13(10(7-16-18)12(15)20)17-11(19)6-8-2-4-9(14)5-3-8/h2-5,7H,6H2,1H3,(H2,15,20)(H,17,19). The van der Waals surface area contributed by atoms with E-state index in [1.165, 1.54) is 23.0 Å². The Bertz CT molecular complexity index is 651. The minimum atomic E-state index is -0.337. The van der Waals surface area contributed by atoms with Gasteiger partial charge in [-0.1, -0.05) is 24.4 Å². The van der Waals surface area contributed by atoms with Crippen LogP contribution >= 0.6 is 12.2 Å². The number of aryl methyl sites for hydroxylation is 1. The third-order valence-electron chi connectivity index (χ3n) is 2.74. The first-order valence-corrected chi connectivity index (χ1v) is 6.24. The average Bonchev–Trinajstić information content (AvgIpc) is 2.74. The number of thiocarbonyl (C=S) groups is 1. The Balaban J connectivity index is 2.10. The first kappa shape index (κ1) is 14.1. The summed E-state index contributed by atoms with van der Waals surface area (Å²) in [5, 5.41) is 6.70. The zero-order valence-corrected chi connectivity index (χ0v) is 11.6. The molecule has 2 rings (SSSR count). The highest BCUT2D eigenvalue weighted by atomic mass is 32.1. The van der Waals surface area contributed by atoms with Crippen LogP contribution in [0.1, 0.15) is 11.1 Å². The van der Waals surface area contributed by atoms with Gasteiger partial charge < -0.3 is 11.1 Å². The van der Waals surface area contributed by atoms with Crippen molar-refractivity contribution in [3.63, 3.8) is 0 Å². The molecule has 7 heteroatoms. The molecule has 0 aliphatic heterocycles. The largest absolute Gasteiger partial charge is 0.389 e. The van der Waals surface area contributed by atoms with Crippen LogP contribution < -0.4 is 11.1 Å². The number of carbonyl (C=O) groups is 1. The molecule has 5 nitrogen and oxygen atoms in total. The number of nitrogens with two attached hydrogens (primary N) is 1. The summed E-state index contributed by atoms with van der Waals surface area (Å²) < 4.78 is 14.3. The SMILES string of the molecule is Cn1ncc(C(N)=S)c1NC(=O)Cc1ccc(F)cc1. The third-order valence-corrected chi connectivity index (χ3v) is 2.96. The predicted octanol–water partition coefficient (Wildman–Crippen LogP) is 1.37. The highest BCUT2D eigenvalue weighted by molar-refractivity contribution is 7.80. The smallest absolute Gasteiger partial charge is 0.229 e. The maximum Gasteiger partial charge on any atom is 0.229 e. The minimum Gasteiger partial charge on any atom is -0.389 e. The molecule has 1 aromatic carbocycles. The summed E-state index contributed by atoms with van der Waals surface area (Å²) >= 11 is 4.89. The number of hydrogen-bond donors (Lipinski definition) is 2. The zero-order chi connectivity index (χ0) is 14.7. The first-order chi connectivity index (χ1) is 9.47. The molecular formula is C13H13FN4OS. The number of benzene rings is 1. The number of anilines is 1. The molecule has 1 aromatic heterocycles. The molecule has 0 atom stereocenters. The van der Waals surface area contributed by atoms with E-state index in [4.69, 9.17) is 18.0 Å². The van der Waals surface area contributed by atoms with Gasteiger partial charge >= 0.3 is 0 Å². The molecule has 0 saturated carbocycles. The number of nitrogens with zero attached hydrogens (tertiary/aromatic N) is 2. The highest BCUT2D eigenvalue weighted by Gasteiger charge is 2.14. The van der Waals surface area contributed by atoms with Crippen molar-refractivity contribution in [1.29, 1.82) is 0 Å². The van der Waals surface area contributed by atoms with Crippen molar-refractivity contribution in [3.05, 3.63) is 47.4 Å². The van der Waals surface area contributed by atoms with Crippen LogP contribution in [-0.4, -0.2) is 20.7 Å². The Morgan fingerprint density at radius 2 is 2.10 bits per heavy atom. The van der Waals surface area contributed by atoms with Crippen LogP contribution in [0.2, 0.25) is 0 Å². The van der Waals surface area contributed by atoms with Gasteiger partial charge in [0.25, 0.3) is 0 Å². The molecule has 0 saturated heterocycles. The second-order valence-electron chi connectivity index (χ2n) is 4.25. The van der Waals surface area contributed by atoms with Crippen LogP contribution in [0.4, 0.5) is 10.2 Å². The van der Waals surface area contributed by atoms with Gasteiger partial charge in [0.2, 0.25) is 5.91 Å². The Kier molecular flexibility index (Phi) is 4.09. The average molecular weight is 292 g/mol. The van der Waals surface area contributed by atoms with E-state index in [9.17, 15) is 9.18 Å². The maximum atomic E-state index is 12.8. The van der Waals surface area contributed by atoms with Gasteiger partial charge in [-0.3, -0.25) is 9.48 Å². The Hall–Kier alpha value is -2.28. The van der Waals surface area contributed by atoms with Crippen molar-refractivity contribution in [1.82, 2.24) is 9.78 Å². The molecule has 0 radical (unpaired) electrons. The van der Waals surface area contributed by atoms with Crippen molar-refractivity contribution in [2.45, 2.75) is 6.42 Å². The van der Waals surface area contributed by atoms with Crippen LogP contribution in [0.3, 0.4) is 0 Å². The van der Waals surface area contributed by atoms with E-state index >= 15 is 0 Å². The molecule has 0 aliphatic carbocycles. The van der Waals surface area contributed by atoms with Crippen molar-refractivity contribution in [3.8, 4) is 0 Å². The Labute approximate surface area is 120 Å². The minimum absolute atomic E-state index is 0.127. The molecule has 0 spiro atoms. The Morgan fingerprint density at radius 3 is 2.70 bits per heavy atom. The second-order valence-corrected chi connectivity index (χ2v) is 4.69. The lowest BCUT2D eigenvalue weighted by atomic mass is 10.1. The highest BCUT2D eigenvalue weighted by Crippen LogP contribution is 2.14. The molecule has 2 aromatic rings. The summed E-state index contributed by atoms with van der Waals surface area (Å²) in [4.78, 5) is 12.1. The molecule has 20 heavy (non-hydrogen) atoms. The van der Waals surface area contributed by atoms with E-state index in [2.05, 4.69) is 10.4 Å². The van der Waals surface area contributed by atoms with E-state index in [-0.39, 0.29) is 23.1 Å². The molecule has 104 valence electrons. The van der Waals surface area contributed by atoms with Gasteiger partial charge in [-0.05, 0) is 17.7 Å². The summed E-state index contributed by atoms with van der Waals surface area (Å²) in [6, 6.07) is 5.75. The number of amides is 1. The number of hydrogen-bond acceptors (Lipinski definition) is 3. The predicted molar refractivity (Wildman–Crippen MR) is 77.8 cm³/mol. The third kappa shape index (κ3) is 3.18. The number of nitrogens with one attached hydrogen (secondary N) is 1. The number of carbonyl (C=O) groups excluding carboxylic acids is 1. The number of aromatic nitrogens is 2. The summed E-state index contributed by atoms with van der Waals surface area (Å²) in [5.74, 6) is -0.140. The summed E-state index contributed by atoms with van der Waals surface area (Å²) in [6.07, 6.45) is 1.62. The summed E-state index contributed by atoms with van der Waals surface area (Å²) in [5.41, 5.74) is 6.78. The molecule has 0 unspecified atom stereocenters. The van der Waals surface area contributed by atoms with Crippen LogP contribution in [0.25, 0.3) is 0 Å². The van der Waals surface area contributed by atoms with Gasteiger partial charge in [-0.25, -0.2) is 4.39 Å². The molecule has 0 bridgehead atoms. The lowest BCUT2D eigenvalue weighted by Gasteiger charge is -2.08. The van der Waals surface area contributed by atoms with Gasteiger partial charge in [0.05, 0.1) is 18.2 Å². The van der Waals surface area contributed by atoms with Crippen molar-refractivity contribution >= 4 is 28.9 Å². The van der Waals surface area contributed by atoms with Gasteiger partial charge in [0.15, 0.2) is 0 Å². The van der Waals surface area contributed by atoms with Gasteiger partial charge in [-0.15, -0.1) is 0 Å². The van der Waals surface area contributed by atoms with Crippen LogP contribution in [0.5, 0.6) is 0 Å². The molecule has 0 fully saturated rings. The van der Waals surface area contributed by atoms with E-state index in [0.29, 0.717) is 16.9 Å². The summed E-state index contributed by atoms with van der Waals surface area (Å²) in [7, 11) is 1.68. The van der Waals surface area contributed by atoms with Crippen molar-refractivity contribution < 1.29 is 9.18 Å². The van der Waals surface area contributed by atoms with E-state index in [1.54, 1.807) is 19.2 Å². The summed E-state index contributed by atoms with van der Waals surface area (Å²) in [6.45, 7) is 0. The lowest BCUT2D eigenvalue weighted by molar-refractivity contribution is -0.115. The van der Waals surface area contributed by atoms with Gasteiger partial charge in [0, 0.05) is 7.05 Å². The molecule has 1 amide bonds. The van der Waals surface area contributed by atoms with Gasteiger partial charge in [0.1, 0.15) is 16.6 Å². The normalized spacial score (nSPS) is 10.3.